The van der Waals surface area contributed by atoms with Gasteiger partial charge in [-0.05, 0) is 13.3 Å². The van der Waals surface area contributed by atoms with Gasteiger partial charge in [0.05, 0.1) is 0 Å². The first kappa shape index (κ1) is 9.64. The van der Waals surface area contributed by atoms with Crippen molar-refractivity contribution in [3.05, 3.63) is 17.6 Å². The minimum atomic E-state index is -0.111. The average molecular weight is 179 g/mol. The quantitative estimate of drug-likeness (QED) is 0.744. The minimum Gasteiger partial charge on any atom is -0.311 e. The summed E-state index contributed by atoms with van der Waals surface area (Å²) in [6.45, 7) is 5.28. The maximum Gasteiger partial charge on any atom is 0.222 e. The fourth-order valence-corrected chi connectivity index (χ4v) is 1.06. The predicted molar refractivity (Wildman–Crippen MR) is 50.5 cm³/mol. The summed E-state index contributed by atoms with van der Waals surface area (Å²) in [6, 6.07) is 1.79. The Morgan fingerprint density at radius 2 is 2.23 bits per heavy atom. The summed E-state index contributed by atoms with van der Waals surface area (Å²) in [5, 5.41) is 2.63. The van der Waals surface area contributed by atoms with E-state index in [9.17, 15) is 4.79 Å². The molecule has 0 radical (unpaired) electrons. The van der Waals surface area contributed by atoms with Crippen molar-refractivity contribution in [2.75, 3.05) is 5.32 Å². The van der Waals surface area contributed by atoms with Gasteiger partial charge in [0.25, 0.3) is 0 Å². The number of anilines is 1. The SMILES string of the molecule is CCc1cc(NC(C)=O)nc(C)n1. The number of carbonyl (C=O) groups excluding carboxylic acids is 1. The molecule has 1 rings (SSSR count). The summed E-state index contributed by atoms with van der Waals surface area (Å²) in [4.78, 5) is 19.0. The lowest BCUT2D eigenvalue weighted by molar-refractivity contribution is -0.114. The topological polar surface area (TPSA) is 54.9 Å². The molecule has 1 amide bonds. The third-order valence-electron chi connectivity index (χ3n) is 1.56. The average Bonchev–Trinajstić information content (AvgIpc) is 2.01. The van der Waals surface area contributed by atoms with Crippen molar-refractivity contribution in [3.8, 4) is 0 Å². The smallest absolute Gasteiger partial charge is 0.222 e. The molecule has 0 saturated carbocycles. The standard InChI is InChI=1S/C9H13N3O/c1-4-8-5-9(12-7(3)13)11-6(2)10-8/h5H,4H2,1-3H3,(H,10,11,12,13). The molecule has 0 aromatic carbocycles. The van der Waals surface area contributed by atoms with E-state index < -0.39 is 0 Å². The van der Waals surface area contributed by atoms with Crippen molar-refractivity contribution in [1.82, 2.24) is 9.97 Å². The summed E-state index contributed by atoms with van der Waals surface area (Å²) in [5.41, 5.74) is 0.941. The minimum absolute atomic E-state index is 0.111. The Labute approximate surface area is 77.4 Å². The van der Waals surface area contributed by atoms with Gasteiger partial charge in [0, 0.05) is 18.7 Å². The van der Waals surface area contributed by atoms with Crippen LogP contribution in [0.15, 0.2) is 6.07 Å². The molecule has 13 heavy (non-hydrogen) atoms. The second-order valence-corrected chi connectivity index (χ2v) is 2.83. The molecule has 0 bridgehead atoms. The van der Waals surface area contributed by atoms with Gasteiger partial charge in [0.15, 0.2) is 0 Å². The Morgan fingerprint density at radius 1 is 1.54 bits per heavy atom. The molecule has 0 aliphatic carbocycles. The highest BCUT2D eigenvalue weighted by Crippen LogP contribution is 2.06. The Bertz CT molecular complexity index is 323. The summed E-state index contributed by atoms with van der Waals surface area (Å²) < 4.78 is 0. The third-order valence-corrected chi connectivity index (χ3v) is 1.56. The van der Waals surface area contributed by atoms with Crippen LogP contribution in [0.25, 0.3) is 0 Å². The Hall–Kier alpha value is -1.45. The van der Waals surface area contributed by atoms with Gasteiger partial charge in [-0.1, -0.05) is 6.92 Å². The predicted octanol–water partition coefficient (Wildman–Crippen LogP) is 1.31. The molecule has 1 N–H and O–H groups in total. The van der Waals surface area contributed by atoms with Crippen molar-refractivity contribution in [2.24, 2.45) is 0 Å². The molecule has 0 saturated heterocycles. The number of hydrogen-bond acceptors (Lipinski definition) is 3. The Morgan fingerprint density at radius 3 is 2.77 bits per heavy atom. The lowest BCUT2D eigenvalue weighted by Crippen LogP contribution is -2.09. The number of amides is 1. The highest BCUT2D eigenvalue weighted by molar-refractivity contribution is 5.87. The monoisotopic (exact) mass is 179 g/mol. The highest BCUT2D eigenvalue weighted by atomic mass is 16.1. The number of aromatic nitrogens is 2. The molecule has 0 unspecified atom stereocenters. The number of hydrogen-bond donors (Lipinski definition) is 1. The Kier molecular flexibility index (Phi) is 2.95. The van der Waals surface area contributed by atoms with Gasteiger partial charge >= 0.3 is 0 Å². The second-order valence-electron chi connectivity index (χ2n) is 2.83. The van der Waals surface area contributed by atoms with Crippen molar-refractivity contribution >= 4 is 11.7 Å². The fourth-order valence-electron chi connectivity index (χ4n) is 1.06. The van der Waals surface area contributed by atoms with Gasteiger partial charge in [0.1, 0.15) is 11.6 Å². The lowest BCUT2D eigenvalue weighted by Gasteiger charge is -2.03. The van der Waals surface area contributed by atoms with E-state index in [0.717, 1.165) is 12.1 Å². The van der Waals surface area contributed by atoms with E-state index in [4.69, 9.17) is 0 Å². The van der Waals surface area contributed by atoms with Gasteiger partial charge in [-0.2, -0.15) is 0 Å². The molecule has 0 spiro atoms. The van der Waals surface area contributed by atoms with Crippen molar-refractivity contribution in [2.45, 2.75) is 27.2 Å². The molecular formula is C9H13N3O. The molecule has 1 aromatic rings. The first-order valence-corrected chi connectivity index (χ1v) is 4.24. The van der Waals surface area contributed by atoms with Crippen LogP contribution in [-0.4, -0.2) is 15.9 Å². The molecule has 0 aliphatic heterocycles. The van der Waals surface area contributed by atoms with Crippen molar-refractivity contribution in [1.29, 1.82) is 0 Å². The van der Waals surface area contributed by atoms with E-state index in [1.54, 1.807) is 6.07 Å². The molecule has 70 valence electrons. The Balaban J connectivity index is 2.94. The zero-order chi connectivity index (χ0) is 9.84. The van der Waals surface area contributed by atoms with Gasteiger partial charge in [-0.25, -0.2) is 9.97 Å². The van der Waals surface area contributed by atoms with Gasteiger partial charge < -0.3 is 5.32 Å². The van der Waals surface area contributed by atoms with Gasteiger partial charge in [-0.15, -0.1) is 0 Å². The third kappa shape index (κ3) is 2.82. The molecule has 0 aliphatic rings. The molecule has 4 nitrogen and oxygen atoms in total. The van der Waals surface area contributed by atoms with E-state index >= 15 is 0 Å². The summed E-state index contributed by atoms with van der Waals surface area (Å²) in [7, 11) is 0. The van der Waals surface area contributed by atoms with Crippen LogP contribution in [-0.2, 0) is 11.2 Å². The highest BCUT2D eigenvalue weighted by Gasteiger charge is 2.01. The van der Waals surface area contributed by atoms with Gasteiger partial charge in [-0.3, -0.25) is 4.79 Å². The molecular weight excluding hydrogens is 166 g/mol. The van der Waals surface area contributed by atoms with E-state index in [-0.39, 0.29) is 5.91 Å². The van der Waals surface area contributed by atoms with E-state index in [1.807, 2.05) is 13.8 Å². The second kappa shape index (κ2) is 3.98. The van der Waals surface area contributed by atoms with Crippen LogP contribution < -0.4 is 5.32 Å². The number of nitrogens with zero attached hydrogens (tertiary/aromatic N) is 2. The molecule has 0 atom stereocenters. The summed E-state index contributed by atoms with van der Waals surface area (Å²) >= 11 is 0. The summed E-state index contributed by atoms with van der Waals surface area (Å²) in [6.07, 6.45) is 0.843. The van der Waals surface area contributed by atoms with Crippen molar-refractivity contribution < 1.29 is 4.79 Å². The van der Waals surface area contributed by atoms with Crippen LogP contribution in [0.1, 0.15) is 25.4 Å². The van der Waals surface area contributed by atoms with E-state index in [1.165, 1.54) is 6.92 Å². The first-order valence-electron chi connectivity index (χ1n) is 4.24. The number of aryl methyl sites for hydroxylation is 2. The molecule has 0 fully saturated rings. The first-order chi connectivity index (χ1) is 6.11. The fraction of sp³-hybridized carbons (Fsp3) is 0.444. The zero-order valence-electron chi connectivity index (χ0n) is 8.09. The van der Waals surface area contributed by atoms with Crippen molar-refractivity contribution in [3.63, 3.8) is 0 Å². The maximum absolute atomic E-state index is 10.8. The molecule has 4 heteroatoms. The lowest BCUT2D eigenvalue weighted by atomic mass is 10.3. The van der Waals surface area contributed by atoms with Crippen LogP contribution in [0, 0.1) is 6.92 Å². The van der Waals surface area contributed by atoms with E-state index in [2.05, 4.69) is 15.3 Å². The van der Waals surface area contributed by atoms with Crippen LogP contribution in [0.4, 0.5) is 5.82 Å². The van der Waals surface area contributed by atoms with Crippen LogP contribution in [0.3, 0.4) is 0 Å². The van der Waals surface area contributed by atoms with E-state index in [0.29, 0.717) is 11.6 Å². The maximum atomic E-state index is 10.8. The molecule has 1 heterocycles. The molecule has 1 aromatic heterocycles. The van der Waals surface area contributed by atoms with Crippen LogP contribution in [0.5, 0.6) is 0 Å². The number of rotatable bonds is 2. The largest absolute Gasteiger partial charge is 0.311 e. The normalized spacial score (nSPS) is 9.77. The van der Waals surface area contributed by atoms with Crippen LogP contribution in [0.2, 0.25) is 0 Å². The zero-order valence-corrected chi connectivity index (χ0v) is 8.09. The summed E-state index contributed by atoms with van der Waals surface area (Å²) in [5.74, 6) is 1.15. The van der Waals surface area contributed by atoms with Crippen LogP contribution >= 0.6 is 0 Å². The number of nitrogens with one attached hydrogen (secondary N) is 1. The van der Waals surface area contributed by atoms with Gasteiger partial charge in [0.2, 0.25) is 5.91 Å². The number of carbonyl (C=O) groups is 1.